The van der Waals surface area contributed by atoms with Gasteiger partial charge in [-0.15, -0.1) is 0 Å². The number of hydrogen-bond acceptors (Lipinski definition) is 6. The zero-order valence-electron chi connectivity index (χ0n) is 19.0. The minimum atomic E-state index is -4.27. The molecule has 2 saturated heterocycles. The number of anilines is 3. The molecule has 35 heavy (non-hydrogen) atoms. The number of carbonyl (C=O) groups excluding carboxylic acids is 1. The molecule has 188 valence electrons. The van der Waals surface area contributed by atoms with Crippen molar-refractivity contribution in [1.82, 2.24) is 9.88 Å². The Hall–Kier alpha value is -2.76. The highest BCUT2D eigenvalue weighted by Crippen LogP contribution is 2.39. The lowest BCUT2D eigenvalue weighted by Gasteiger charge is -2.34. The summed E-state index contributed by atoms with van der Waals surface area (Å²) in [5.41, 5.74) is 2.58. The average Bonchev–Trinajstić information content (AvgIpc) is 2.99. The Morgan fingerprint density at radius 3 is 2.69 bits per heavy atom. The number of rotatable bonds is 3. The molecular formula is C24H26F4N4O3. The van der Waals surface area contributed by atoms with Crippen molar-refractivity contribution in [2.75, 3.05) is 49.7 Å². The molecule has 0 bridgehead atoms. The Morgan fingerprint density at radius 2 is 1.97 bits per heavy atom. The van der Waals surface area contributed by atoms with Crippen molar-refractivity contribution >= 4 is 23.1 Å². The first-order chi connectivity index (χ1) is 16.8. The first-order valence-corrected chi connectivity index (χ1v) is 11.6. The number of likely N-dealkylation sites (tertiary alicyclic amines) is 1. The van der Waals surface area contributed by atoms with Gasteiger partial charge in [0.25, 0.3) is 0 Å². The van der Waals surface area contributed by atoms with Gasteiger partial charge >= 0.3 is 6.18 Å². The third-order valence-corrected chi connectivity index (χ3v) is 6.62. The predicted octanol–water partition coefficient (Wildman–Crippen LogP) is 4.17. The number of nitrogens with one attached hydrogen (secondary N) is 1. The van der Waals surface area contributed by atoms with Gasteiger partial charge in [-0.3, -0.25) is 9.69 Å². The summed E-state index contributed by atoms with van der Waals surface area (Å²) in [6.07, 6.45) is -2.80. The molecule has 5 rings (SSSR count). The van der Waals surface area contributed by atoms with Gasteiger partial charge in [0.2, 0.25) is 5.91 Å². The van der Waals surface area contributed by atoms with E-state index in [2.05, 4.69) is 10.3 Å². The fourth-order valence-electron chi connectivity index (χ4n) is 4.86. The molecule has 3 aliphatic rings. The Balaban J connectivity index is 1.43. The van der Waals surface area contributed by atoms with E-state index in [0.717, 1.165) is 11.8 Å². The van der Waals surface area contributed by atoms with Crippen LogP contribution < -0.4 is 10.2 Å². The zero-order valence-corrected chi connectivity index (χ0v) is 19.0. The SMILES string of the molecule is O=C(C1CCN(CC(F)(F)F)CC1)N1Cc2cc(F)cnc2Nc2ccc(C3COCCO3)cc21. The second kappa shape index (κ2) is 9.71. The largest absolute Gasteiger partial charge is 0.401 e. The second-order valence-electron chi connectivity index (χ2n) is 9.09. The van der Waals surface area contributed by atoms with Gasteiger partial charge in [0.1, 0.15) is 17.7 Å². The summed E-state index contributed by atoms with van der Waals surface area (Å²) < 4.78 is 63.7. The fraction of sp³-hybridized carbons (Fsp3) is 0.500. The summed E-state index contributed by atoms with van der Waals surface area (Å²) in [4.78, 5) is 20.8. The molecule has 3 aliphatic heterocycles. The Labute approximate surface area is 200 Å². The van der Waals surface area contributed by atoms with Gasteiger partial charge in [-0.05, 0) is 49.7 Å². The Kier molecular flexibility index (Phi) is 6.65. The molecule has 0 saturated carbocycles. The average molecular weight is 494 g/mol. The molecule has 1 amide bonds. The van der Waals surface area contributed by atoms with Gasteiger partial charge in [0, 0.05) is 11.5 Å². The van der Waals surface area contributed by atoms with Crippen LogP contribution in [0.2, 0.25) is 0 Å². The summed E-state index contributed by atoms with van der Waals surface area (Å²) >= 11 is 0. The number of nitrogens with zero attached hydrogens (tertiary/aromatic N) is 3. The van der Waals surface area contributed by atoms with Crippen molar-refractivity contribution in [2.45, 2.75) is 31.7 Å². The fourth-order valence-corrected chi connectivity index (χ4v) is 4.86. The molecule has 0 radical (unpaired) electrons. The Morgan fingerprint density at radius 1 is 1.17 bits per heavy atom. The highest BCUT2D eigenvalue weighted by molar-refractivity contribution is 5.99. The number of aromatic nitrogens is 1. The highest BCUT2D eigenvalue weighted by atomic mass is 19.4. The van der Waals surface area contributed by atoms with Gasteiger partial charge in [-0.2, -0.15) is 13.2 Å². The van der Waals surface area contributed by atoms with Crippen LogP contribution >= 0.6 is 0 Å². The van der Waals surface area contributed by atoms with Crippen LogP contribution in [0.5, 0.6) is 0 Å². The maximum absolute atomic E-state index is 14.0. The number of fused-ring (bicyclic) bond motifs is 2. The van der Waals surface area contributed by atoms with E-state index in [1.165, 1.54) is 11.0 Å². The van der Waals surface area contributed by atoms with Gasteiger partial charge in [0.05, 0.1) is 50.5 Å². The first kappa shape index (κ1) is 24.0. The number of alkyl halides is 3. The first-order valence-electron chi connectivity index (χ1n) is 11.6. The standard InChI is InChI=1S/C24H26F4N4O3/c25-18-9-17-12-32(23(33)15-3-5-31(6-4-15)14-24(26,27)28)20-10-16(21-13-34-7-8-35-21)1-2-19(20)30-22(17)29-11-18/h1-2,9-11,15,21H,3-8,12-14H2,(H,29,30). The topological polar surface area (TPSA) is 66.9 Å². The molecule has 1 aromatic heterocycles. The highest BCUT2D eigenvalue weighted by Gasteiger charge is 2.36. The molecule has 0 aliphatic carbocycles. The van der Waals surface area contributed by atoms with Crippen molar-refractivity contribution < 1.29 is 31.8 Å². The summed E-state index contributed by atoms with van der Waals surface area (Å²) in [7, 11) is 0. The minimum Gasteiger partial charge on any atom is -0.376 e. The van der Waals surface area contributed by atoms with E-state index < -0.39 is 24.5 Å². The van der Waals surface area contributed by atoms with E-state index in [1.807, 2.05) is 18.2 Å². The summed E-state index contributed by atoms with van der Waals surface area (Å²) in [5.74, 6) is -0.700. The van der Waals surface area contributed by atoms with E-state index in [-0.39, 0.29) is 31.6 Å². The van der Waals surface area contributed by atoms with E-state index in [9.17, 15) is 22.4 Å². The van der Waals surface area contributed by atoms with Crippen LogP contribution in [0.25, 0.3) is 0 Å². The number of pyridine rings is 1. The molecule has 2 fully saturated rings. The van der Waals surface area contributed by atoms with Crippen LogP contribution in [-0.2, 0) is 20.8 Å². The molecule has 1 aromatic carbocycles. The molecule has 0 spiro atoms. The lowest BCUT2D eigenvalue weighted by atomic mass is 9.94. The number of piperidine rings is 1. The second-order valence-corrected chi connectivity index (χ2v) is 9.09. The van der Waals surface area contributed by atoms with Gasteiger partial charge < -0.3 is 19.7 Å². The molecule has 7 nitrogen and oxygen atoms in total. The lowest BCUT2D eigenvalue weighted by molar-refractivity contribution is -0.149. The lowest BCUT2D eigenvalue weighted by Crippen LogP contribution is -2.45. The number of ether oxygens (including phenoxy) is 2. The van der Waals surface area contributed by atoms with Crippen LogP contribution in [0, 0.1) is 11.7 Å². The van der Waals surface area contributed by atoms with Crippen LogP contribution in [0.15, 0.2) is 30.5 Å². The Bertz CT molecular complexity index is 1080. The molecule has 2 aromatic rings. The number of halogens is 4. The van der Waals surface area contributed by atoms with E-state index in [4.69, 9.17) is 9.47 Å². The van der Waals surface area contributed by atoms with Crippen molar-refractivity contribution in [3.8, 4) is 0 Å². The minimum absolute atomic E-state index is 0.0904. The maximum Gasteiger partial charge on any atom is 0.401 e. The summed E-state index contributed by atoms with van der Waals surface area (Å²) in [6, 6.07) is 6.92. The van der Waals surface area contributed by atoms with Gasteiger partial charge in [-0.1, -0.05) is 6.07 Å². The molecule has 1 atom stereocenters. The van der Waals surface area contributed by atoms with Gasteiger partial charge in [0.15, 0.2) is 0 Å². The number of benzene rings is 1. The predicted molar refractivity (Wildman–Crippen MR) is 120 cm³/mol. The smallest absolute Gasteiger partial charge is 0.376 e. The van der Waals surface area contributed by atoms with Crippen molar-refractivity contribution in [3.05, 3.63) is 47.4 Å². The van der Waals surface area contributed by atoms with E-state index >= 15 is 0 Å². The molecule has 1 unspecified atom stereocenters. The summed E-state index contributed by atoms with van der Waals surface area (Å²) in [5, 5.41) is 3.20. The van der Waals surface area contributed by atoms with Crippen molar-refractivity contribution in [1.29, 1.82) is 0 Å². The van der Waals surface area contributed by atoms with Crippen LogP contribution in [0.4, 0.5) is 34.8 Å². The number of carbonyl (C=O) groups is 1. The molecule has 4 heterocycles. The van der Waals surface area contributed by atoms with Crippen molar-refractivity contribution in [2.24, 2.45) is 5.92 Å². The van der Waals surface area contributed by atoms with Crippen molar-refractivity contribution in [3.63, 3.8) is 0 Å². The van der Waals surface area contributed by atoms with Crippen LogP contribution in [0.3, 0.4) is 0 Å². The number of hydrogen-bond donors (Lipinski definition) is 1. The normalized spacial score (nSPS) is 21.6. The zero-order chi connectivity index (χ0) is 24.6. The van der Waals surface area contributed by atoms with Crippen LogP contribution in [-0.4, -0.2) is 61.4 Å². The van der Waals surface area contributed by atoms with Crippen LogP contribution in [0.1, 0.15) is 30.1 Å². The van der Waals surface area contributed by atoms with E-state index in [1.54, 1.807) is 4.90 Å². The number of amides is 1. The molecule has 1 N–H and O–H groups in total. The van der Waals surface area contributed by atoms with Gasteiger partial charge in [-0.25, -0.2) is 9.37 Å². The van der Waals surface area contributed by atoms with E-state index in [0.29, 0.717) is 55.4 Å². The summed E-state index contributed by atoms with van der Waals surface area (Å²) in [6.45, 7) is 0.873. The molecule has 11 heteroatoms. The third kappa shape index (κ3) is 5.41. The quantitative estimate of drug-likeness (QED) is 0.647. The maximum atomic E-state index is 14.0. The third-order valence-electron chi connectivity index (χ3n) is 6.62. The molecular weight excluding hydrogens is 468 g/mol. The monoisotopic (exact) mass is 494 g/mol.